The Bertz CT molecular complexity index is 1050. The molecule has 0 radical (unpaired) electrons. The Morgan fingerprint density at radius 3 is 2.46 bits per heavy atom. The van der Waals surface area contributed by atoms with Gasteiger partial charge in [-0.3, -0.25) is 10.1 Å². The van der Waals surface area contributed by atoms with Crippen LogP contribution in [0.2, 0.25) is 10.0 Å². The van der Waals surface area contributed by atoms with Crippen molar-refractivity contribution >= 4 is 40.5 Å². The lowest BCUT2D eigenvalue weighted by Crippen LogP contribution is -1.88. The minimum Gasteiger partial charge on any atom is -0.457 e. The van der Waals surface area contributed by atoms with Gasteiger partial charge in [-0.2, -0.15) is 5.26 Å². The van der Waals surface area contributed by atoms with Crippen molar-refractivity contribution in [2.24, 2.45) is 0 Å². The minimum absolute atomic E-state index is 0.0973. The molecule has 0 bridgehead atoms. The third-order valence-corrected chi connectivity index (χ3v) is 4.18. The predicted molar refractivity (Wildman–Crippen MR) is 101 cm³/mol. The molecule has 0 aliphatic carbocycles. The lowest BCUT2D eigenvalue weighted by atomic mass is 10.1. The highest BCUT2D eigenvalue weighted by Gasteiger charge is 2.13. The molecule has 3 rings (SSSR count). The number of rotatable bonds is 4. The topological polar surface area (TPSA) is 80.1 Å². The first kappa shape index (κ1) is 17.7. The molecule has 26 heavy (non-hydrogen) atoms. The summed E-state index contributed by atoms with van der Waals surface area (Å²) < 4.78 is 5.72. The summed E-state index contributed by atoms with van der Waals surface area (Å²) in [5.74, 6) is 0.908. The van der Waals surface area contributed by atoms with E-state index in [2.05, 4.69) is 6.07 Å². The second kappa shape index (κ2) is 7.44. The highest BCUT2D eigenvalue weighted by molar-refractivity contribution is 6.33. The first-order chi connectivity index (χ1) is 12.5. The van der Waals surface area contributed by atoms with Gasteiger partial charge in [0.1, 0.15) is 11.5 Å². The normalized spacial score (nSPS) is 11.2. The number of nitro groups is 1. The van der Waals surface area contributed by atoms with Crippen molar-refractivity contribution in [3.63, 3.8) is 0 Å². The number of nitriles is 1. The zero-order valence-electron chi connectivity index (χ0n) is 13.1. The van der Waals surface area contributed by atoms with E-state index in [1.54, 1.807) is 42.5 Å². The second-order valence-corrected chi connectivity index (χ2v) is 6.14. The highest BCUT2D eigenvalue weighted by Crippen LogP contribution is 2.33. The molecule has 0 unspecified atom stereocenters. The number of benzene rings is 2. The van der Waals surface area contributed by atoms with Crippen LogP contribution < -0.4 is 0 Å². The van der Waals surface area contributed by atoms with Crippen molar-refractivity contribution in [3.8, 4) is 17.4 Å². The Morgan fingerprint density at radius 1 is 1.12 bits per heavy atom. The van der Waals surface area contributed by atoms with Crippen molar-refractivity contribution < 1.29 is 9.34 Å². The van der Waals surface area contributed by atoms with Gasteiger partial charge in [0.05, 0.1) is 21.6 Å². The average molecular weight is 385 g/mol. The zero-order valence-corrected chi connectivity index (χ0v) is 14.7. The molecular weight excluding hydrogens is 375 g/mol. The van der Waals surface area contributed by atoms with E-state index in [-0.39, 0.29) is 10.7 Å². The molecule has 0 N–H and O–H groups in total. The maximum Gasteiger partial charge on any atom is 0.270 e. The van der Waals surface area contributed by atoms with Crippen LogP contribution in [-0.2, 0) is 0 Å². The van der Waals surface area contributed by atoms with E-state index in [9.17, 15) is 15.4 Å². The quantitative estimate of drug-likeness (QED) is 0.303. The van der Waals surface area contributed by atoms with Crippen LogP contribution in [0.4, 0.5) is 5.69 Å². The molecule has 0 aliphatic heterocycles. The highest BCUT2D eigenvalue weighted by atomic mass is 35.5. The fraction of sp³-hybridized carbons (Fsp3) is 0. The molecule has 1 aromatic heterocycles. The van der Waals surface area contributed by atoms with Gasteiger partial charge in [0.25, 0.3) is 5.69 Å². The summed E-state index contributed by atoms with van der Waals surface area (Å²) in [6.07, 6.45) is 1.60. The fourth-order valence-electron chi connectivity index (χ4n) is 2.34. The van der Waals surface area contributed by atoms with Crippen LogP contribution in [0.1, 0.15) is 11.3 Å². The van der Waals surface area contributed by atoms with Crippen LogP contribution >= 0.6 is 23.2 Å². The Hall–Kier alpha value is -3.07. The van der Waals surface area contributed by atoms with Crippen molar-refractivity contribution in [3.05, 3.63) is 86.1 Å². The van der Waals surface area contributed by atoms with Gasteiger partial charge < -0.3 is 4.42 Å². The molecule has 0 aliphatic rings. The van der Waals surface area contributed by atoms with E-state index >= 15 is 0 Å². The van der Waals surface area contributed by atoms with Crippen molar-refractivity contribution in [1.29, 1.82) is 5.26 Å². The number of halogens is 2. The standard InChI is InChI=1S/C19H10Cl2N2O3/c20-14-3-1-12(2-4-14)13(11-22)9-16-6-8-19(26-16)17-7-5-15(23(24)25)10-18(17)21/h1-10H/b13-9+. The molecule has 0 spiro atoms. The molecule has 0 saturated heterocycles. The average Bonchev–Trinajstić information content (AvgIpc) is 3.08. The van der Waals surface area contributed by atoms with Gasteiger partial charge in [0.15, 0.2) is 0 Å². The molecule has 1 heterocycles. The smallest absolute Gasteiger partial charge is 0.270 e. The summed E-state index contributed by atoms with van der Waals surface area (Å²) in [4.78, 5) is 10.3. The van der Waals surface area contributed by atoms with E-state index in [0.29, 0.717) is 33.2 Å². The number of hydrogen-bond donors (Lipinski definition) is 0. The molecule has 7 heteroatoms. The SMILES string of the molecule is N#C/C(=C\c1ccc(-c2ccc([N+](=O)[O-])cc2Cl)o1)c1ccc(Cl)cc1. The Balaban J connectivity index is 1.93. The van der Waals surface area contributed by atoms with Crippen LogP contribution in [0, 0.1) is 21.4 Å². The molecule has 2 aromatic carbocycles. The molecule has 3 aromatic rings. The summed E-state index contributed by atoms with van der Waals surface area (Å²) in [5, 5.41) is 21.0. The van der Waals surface area contributed by atoms with Crippen molar-refractivity contribution in [2.75, 3.05) is 0 Å². The van der Waals surface area contributed by atoms with Crippen molar-refractivity contribution in [2.45, 2.75) is 0 Å². The van der Waals surface area contributed by atoms with Crippen LogP contribution in [0.15, 0.2) is 59.0 Å². The second-order valence-electron chi connectivity index (χ2n) is 5.30. The monoisotopic (exact) mass is 384 g/mol. The Kier molecular flexibility index (Phi) is 5.08. The largest absolute Gasteiger partial charge is 0.457 e. The van der Waals surface area contributed by atoms with E-state index in [0.717, 1.165) is 0 Å². The van der Waals surface area contributed by atoms with Gasteiger partial charge in [-0.25, -0.2) is 0 Å². The van der Waals surface area contributed by atoms with Crippen LogP contribution in [0.3, 0.4) is 0 Å². The zero-order chi connectivity index (χ0) is 18.7. The Labute approximate surface area is 158 Å². The summed E-state index contributed by atoms with van der Waals surface area (Å²) >= 11 is 12.0. The van der Waals surface area contributed by atoms with Crippen LogP contribution in [0.25, 0.3) is 23.0 Å². The number of furan rings is 1. The molecule has 0 saturated carbocycles. The number of nitrogens with zero attached hydrogens (tertiary/aromatic N) is 2. The van der Waals surface area contributed by atoms with Gasteiger partial charge in [0, 0.05) is 22.7 Å². The summed E-state index contributed by atoms with van der Waals surface area (Å²) in [7, 11) is 0. The van der Waals surface area contributed by atoms with Gasteiger partial charge in [-0.15, -0.1) is 0 Å². The molecular formula is C19H10Cl2N2O3. The van der Waals surface area contributed by atoms with E-state index < -0.39 is 4.92 Å². The Morgan fingerprint density at radius 2 is 1.85 bits per heavy atom. The van der Waals surface area contributed by atoms with E-state index in [1.165, 1.54) is 18.2 Å². The maximum absolute atomic E-state index is 10.8. The van der Waals surface area contributed by atoms with Crippen LogP contribution in [-0.4, -0.2) is 4.92 Å². The van der Waals surface area contributed by atoms with E-state index in [4.69, 9.17) is 27.6 Å². The molecule has 0 atom stereocenters. The molecule has 0 amide bonds. The molecule has 5 nitrogen and oxygen atoms in total. The maximum atomic E-state index is 10.8. The summed E-state index contributed by atoms with van der Waals surface area (Å²) in [6, 6.07) is 16.5. The van der Waals surface area contributed by atoms with E-state index in [1.807, 2.05) is 0 Å². The van der Waals surface area contributed by atoms with Gasteiger partial charge in [-0.05, 0) is 42.0 Å². The predicted octanol–water partition coefficient (Wildman–Crippen LogP) is 6.23. The van der Waals surface area contributed by atoms with Gasteiger partial charge in [0.2, 0.25) is 0 Å². The fourth-order valence-corrected chi connectivity index (χ4v) is 2.74. The first-order valence-corrected chi connectivity index (χ1v) is 8.15. The minimum atomic E-state index is -0.517. The summed E-state index contributed by atoms with van der Waals surface area (Å²) in [6.45, 7) is 0. The van der Waals surface area contributed by atoms with Gasteiger partial charge in [-0.1, -0.05) is 35.3 Å². The molecule has 128 valence electrons. The summed E-state index contributed by atoms with van der Waals surface area (Å²) in [5.41, 5.74) is 1.56. The first-order valence-electron chi connectivity index (χ1n) is 7.40. The number of allylic oxidation sites excluding steroid dienone is 1. The van der Waals surface area contributed by atoms with Gasteiger partial charge >= 0.3 is 0 Å². The van der Waals surface area contributed by atoms with Crippen molar-refractivity contribution in [1.82, 2.24) is 0 Å². The third kappa shape index (κ3) is 3.77. The third-order valence-electron chi connectivity index (χ3n) is 3.62. The molecule has 0 fully saturated rings. The lowest BCUT2D eigenvalue weighted by Gasteiger charge is -2.01. The van der Waals surface area contributed by atoms with Crippen LogP contribution in [0.5, 0.6) is 0 Å². The number of non-ortho nitro benzene ring substituents is 1. The number of hydrogen-bond acceptors (Lipinski definition) is 4. The number of nitro benzene ring substituents is 1. The lowest BCUT2D eigenvalue weighted by molar-refractivity contribution is -0.384.